The van der Waals surface area contributed by atoms with E-state index in [9.17, 15) is 18.4 Å². The van der Waals surface area contributed by atoms with Gasteiger partial charge in [-0.15, -0.1) is 11.3 Å². The summed E-state index contributed by atoms with van der Waals surface area (Å²) in [5.41, 5.74) is 0.460. The molecule has 0 radical (unpaired) electrons. The van der Waals surface area contributed by atoms with Crippen LogP contribution in [0.5, 0.6) is 0 Å². The fourth-order valence-electron chi connectivity index (χ4n) is 1.90. The average Bonchev–Trinajstić information content (AvgIpc) is 2.75. The number of methoxy groups -OCH3 is 1. The lowest BCUT2D eigenvalue weighted by Crippen LogP contribution is -2.16. The van der Waals surface area contributed by atoms with E-state index in [2.05, 4.69) is 10.1 Å². The molecule has 7 heteroatoms. The van der Waals surface area contributed by atoms with Crippen LogP contribution in [0.1, 0.15) is 31.2 Å². The van der Waals surface area contributed by atoms with Gasteiger partial charge in [-0.05, 0) is 37.6 Å². The maximum Gasteiger partial charge on any atom is 0.341 e. The van der Waals surface area contributed by atoms with E-state index in [4.69, 9.17) is 0 Å². The molecule has 0 atom stereocenters. The van der Waals surface area contributed by atoms with Crippen LogP contribution in [0.25, 0.3) is 0 Å². The molecule has 0 unspecified atom stereocenters. The molecule has 116 valence electrons. The summed E-state index contributed by atoms with van der Waals surface area (Å²) in [6.45, 7) is 3.50. The molecule has 1 amide bonds. The molecular weight excluding hydrogens is 312 g/mol. The number of anilines is 1. The van der Waals surface area contributed by atoms with E-state index >= 15 is 0 Å². The first-order valence-electron chi connectivity index (χ1n) is 6.29. The van der Waals surface area contributed by atoms with Gasteiger partial charge in [0.2, 0.25) is 0 Å². The van der Waals surface area contributed by atoms with E-state index in [1.807, 2.05) is 0 Å². The van der Waals surface area contributed by atoms with E-state index < -0.39 is 29.1 Å². The number of esters is 1. The predicted octanol–water partition coefficient (Wildman–Crippen LogP) is 3.68. The van der Waals surface area contributed by atoms with Gasteiger partial charge in [0.1, 0.15) is 16.6 Å². The average molecular weight is 325 g/mol. The number of rotatable bonds is 3. The highest BCUT2D eigenvalue weighted by atomic mass is 32.1. The van der Waals surface area contributed by atoms with Gasteiger partial charge < -0.3 is 10.1 Å². The first-order chi connectivity index (χ1) is 10.3. The number of ether oxygens (including phenoxy) is 1. The van der Waals surface area contributed by atoms with Gasteiger partial charge >= 0.3 is 5.97 Å². The highest BCUT2D eigenvalue weighted by molar-refractivity contribution is 7.16. The Balaban J connectivity index is 2.39. The monoisotopic (exact) mass is 325 g/mol. The van der Waals surface area contributed by atoms with Gasteiger partial charge in [-0.2, -0.15) is 0 Å². The standard InChI is InChI=1S/C15H13F2NO3S/c1-7-8(2)22-14(12(7)15(20)21-3)18-13(19)10-6-9(16)4-5-11(10)17/h4-6H,1-3H3,(H,18,19). The van der Waals surface area contributed by atoms with Gasteiger partial charge in [-0.25, -0.2) is 13.6 Å². The molecule has 1 heterocycles. The molecule has 0 aliphatic rings. The van der Waals surface area contributed by atoms with Crippen LogP contribution < -0.4 is 5.32 Å². The first kappa shape index (κ1) is 16.1. The summed E-state index contributed by atoms with van der Waals surface area (Å²) in [6.07, 6.45) is 0. The minimum Gasteiger partial charge on any atom is -0.465 e. The van der Waals surface area contributed by atoms with Crippen molar-refractivity contribution >= 4 is 28.2 Å². The fourth-order valence-corrected chi connectivity index (χ4v) is 2.95. The second-order valence-electron chi connectivity index (χ2n) is 4.56. The first-order valence-corrected chi connectivity index (χ1v) is 7.11. The smallest absolute Gasteiger partial charge is 0.341 e. The van der Waals surface area contributed by atoms with E-state index in [1.54, 1.807) is 13.8 Å². The molecule has 4 nitrogen and oxygen atoms in total. The van der Waals surface area contributed by atoms with Crippen molar-refractivity contribution in [3.8, 4) is 0 Å². The molecule has 0 spiro atoms. The maximum absolute atomic E-state index is 13.6. The Kier molecular flexibility index (Phi) is 4.56. The summed E-state index contributed by atoms with van der Waals surface area (Å²) < 4.78 is 31.5. The number of hydrogen-bond acceptors (Lipinski definition) is 4. The largest absolute Gasteiger partial charge is 0.465 e. The summed E-state index contributed by atoms with van der Waals surface area (Å²) >= 11 is 1.17. The zero-order valence-electron chi connectivity index (χ0n) is 12.1. The van der Waals surface area contributed by atoms with Crippen LogP contribution in [0.15, 0.2) is 18.2 Å². The number of carbonyl (C=O) groups excluding carboxylic acids is 2. The number of thiophene rings is 1. The van der Waals surface area contributed by atoms with Crippen LogP contribution in [-0.4, -0.2) is 19.0 Å². The molecule has 0 aliphatic heterocycles. The lowest BCUT2D eigenvalue weighted by atomic mass is 10.1. The van der Waals surface area contributed by atoms with Crippen LogP contribution in [0.3, 0.4) is 0 Å². The number of aryl methyl sites for hydroxylation is 1. The van der Waals surface area contributed by atoms with Crippen molar-refractivity contribution in [1.82, 2.24) is 0 Å². The van der Waals surface area contributed by atoms with Crippen LogP contribution in [0.2, 0.25) is 0 Å². The predicted molar refractivity (Wildman–Crippen MR) is 79.4 cm³/mol. The molecule has 1 N–H and O–H groups in total. The Bertz CT molecular complexity index is 755. The van der Waals surface area contributed by atoms with Crippen molar-refractivity contribution in [3.05, 3.63) is 51.4 Å². The summed E-state index contributed by atoms with van der Waals surface area (Å²) in [6, 6.07) is 2.59. The molecular formula is C15H13F2NO3S. The van der Waals surface area contributed by atoms with E-state index in [0.29, 0.717) is 5.56 Å². The number of amides is 1. The Labute approximate surface area is 129 Å². The van der Waals surface area contributed by atoms with Gasteiger partial charge in [-0.1, -0.05) is 0 Å². The second-order valence-corrected chi connectivity index (χ2v) is 5.78. The Morgan fingerprint density at radius 2 is 1.91 bits per heavy atom. The molecule has 22 heavy (non-hydrogen) atoms. The third kappa shape index (κ3) is 2.99. The van der Waals surface area contributed by atoms with Crippen molar-refractivity contribution in [1.29, 1.82) is 0 Å². The summed E-state index contributed by atoms with van der Waals surface area (Å²) in [5.74, 6) is -3.00. The normalized spacial score (nSPS) is 10.4. The van der Waals surface area contributed by atoms with Gasteiger partial charge in [-0.3, -0.25) is 4.79 Å². The Morgan fingerprint density at radius 3 is 2.55 bits per heavy atom. The zero-order chi connectivity index (χ0) is 16.4. The highest BCUT2D eigenvalue weighted by Gasteiger charge is 2.23. The molecule has 1 aromatic carbocycles. The fraction of sp³-hybridized carbons (Fsp3) is 0.200. The topological polar surface area (TPSA) is 55.4 Å². The van der Waals surface area contributed by atoms with Crippen LogP contribution in [0.4, 0.5) is 13.8 Å². The molecule has 0 fully saturated rings. The maximum atomic E-state index is 13.6. The Hall–Kier alpha value is -2.28. The molecule has 1 aromatic heterocycles. The minimum atomic E-state index is -0.844. The number of nitrogens with one attached hydrogen (secondary N) is 1. The molecule has 2 aromatic rings. The summed E-state index contributed by atoms with van der Waals surface area (Å²) in [5, 5.41) is 2.69. The van der Waals surface area contributed by atoms with Gasteiger partial charge in [0.15, 0.2) is 0 Å². The second kappa shape index (κ2) is 6.23. The number of halogens is 2. The van der Waals surface area contributed by atoms with Crippen LogP contribution in [-0.2, 0) is 4.74 Å². The van der Waals surface area contributed by atoms with E-state index in [0.717, 1.165) is 23.1 Å². The number of benzene rings is 1. The van der Waals surface area contributed by atoms with Crippen molar-refractivity contribution in [2.24, 2.45) is 0 Å². The molecule has 0 bridgehead atoms. The van der Waals surface area contributed by atoms with Gasteiger partial charge in [0, 0.05) is 4.88 Å². The quantitative estimate of drug-likeness (QED) is 0.876. The molecule has 0 aliphatic carbocycles. The van der Waals surface area contributed by atoms with Gasteiger partial charge in [0.05, 0.1) is 18.2 Å². The minimum absolute atomic E-state index is 0.218. The van der Waals surface area contributed by atoms with Crippen molar-refractivity contribution in [2.45, 2.75) is 13.8 Å². The van der Waals surface area contributed by atoms with E-state index in [-0.39, 0.29) is 10.6 Å². The van der Waals surface area contributed by atoms with Crippen molar-refractivity contribution < 1.29 is 23.1 Å². The lowest BCUT2D eigenvalue weighted by molar-refractivity contribution is 0.0601. The van der Waals surface area contributed by atoms with E-state index in [1.165, 1.54) is 18.4 Å². The van der Waals surface area contributed by atoms with Gasteiger partial charge in [0.25, 0.3) is 5.91 Å². The third-order valence-corrected chi connectivity index (χ3v) is 4.30. The lowest BCUT2D eigenvalue weighted by Gasteiger charge is -2.07. The van der Waals surface area contributed by atoms with Crippen molar-refractivity contribution in [3.63, 3.8) is 0 Å². The zero-order valence-corrected chi connectivity index (χ0v) is 12.9. The number of carbonyl (C=O) groups is 2. The third-order valence-electron chi connectivity index (χ3n) is 3.17. The summed E-state index contributed by atoms with van der Waals surface area (Å²) in [4.78, 5) is 24.7. The molecule has 0 saturated heterocycles. The summed E-state index contributed by atoms with van der Waals surface area (Å²) in [7, 11) is 1.23. The Morgan fingerprint density at radius 1 is 1.23 bits per heavy atom. The molecule has 2 rings (SSSR count). The van der Waals surface area contributed by atoms with Crippen LogP contribution in [0, 0.1) is 25.5 Å². The molecule has 0 saturated carbocycles. The SMILES string of the molecule is COC(=O)c1c(NC(=O)c2cc(F)ccc2F)sc(C)c1C. The number of hydrogen-bond donors (Lipinski definition) is 1. The highest BCUT2D eigenvalue weighted by Crippen LogP contribution is 2.33. The van der Waals surface area contributed by atoms with Crippen LogP contribution >= 0.6 is 11.3 Å². The van der Waals surface area contributed by atoms with Crippen molar-refractivity contribution in [2.75, 3.05) is 12.4 Å².